The first-order chi connectivity index (χ1) is 8.63. The second-order valence-electron chi connectivity index (χ2n) is 4.95. The summed E-state index contributed by atoms with van der Waals surface area (Å²) in [6.07, 6.45) is 3.35. The fourth-order valence-corrected chi connectivity index (χ4v) is 2.96. The molecule has 18 heavy (non-hydrogen) atoms. The van der Waals surface area contributed by atoms with E-state index < -0.39 is 0 Å². The summed E-state index contributed by atoms with van der Waals surface area (Å²) in [6, 6.07) is 1.93. The van der Waals surface area contributed by atoms with Crippen molar-refractivity contribution in [2.75, 3.05) is 6.54 Å². The SMILES string of the molecule is O=C(NC1CC2CNC1C2)c1cc(Cl)c(O)cn1. The summed E-state index contributed by atoms with van der Waals surface area (Å²) in [4.78, 5) is 15.9. The third-order valence-corrected chi connectivity index (χ3v) is 4.01. The summed E-state index contributed by atoms with van der Waals surface area (Å²) < 4.78 is 0. The second-order valence-corrected chi connectivity index (χ2v) is 5.36. The fourth-order valence-electron chi connectivity index (χ4n) is 2.80. The van der Waals surface area contributed by atoms with E-state index in [1.165, 1.54) is 12.3 Å². The van der Waals surface area contributed by atoms with Crippen molar-refractivity contribution in [2.24, 2.45) is 5.92 Å². The first kappa shape index (κ1) is 11.7. The van der Waals surface area contributed by atoms with Crippen LogP contribution >= 0.6 is 11.6 Å². The quantitative estimate of drug-likeness (QED) is 0.745. The Morgan fingerprint density at radius 1 is 1.56 bits per heavy atom. The zero-order valence-electron chi connectivity index (χ0n) is 9.69. The van der Waals surface area contributed by atoms with Crippen LogP contribution in [0.25, 0.3) is 0 Å². The van der Waals surface area contributed by atoms with Crippen LogP contribution in [0.15, 0.2) is 12.3 Å². The summed E-state index contributed by atoms with van der Waals surface area (Å²) in [5, 5.41) is 15.8. The van der Waals surface area contributed by atoms with Crippen LogP contribution in [0.4, 0.5) is 0 Å². The van der Waals surface area contributed by atoms with Gasteiger partial charge in [0.05, 0.1) is 11.2 Å². The number of fused-ring (bicyclic) bond motifs is 2. The number of carbonyl (C=O) groups is 1. The van der Waals surface area contributed by atoms with Crippen LogP contribution in [0, 0.1) is 5.92 Å². The van der Waals surface area contributed by atoms with E-state index in [-0.39, 0.29) is 28.4 Å². The molecule has 2 fully saturated rings. The van der Waals surface area contributed by atoms with Crippen molar-refractivity contribution >= 4 is 17.5 Å². The molecule has 3 rings (SSSR count). The highest BCUT2D eigenvalue weighted by Crippen LogP contribution is 2.31. The predicted molar refractivity (Wildman–Crippen MR) is 66.7 cm³/mol. The van der Waals surface area contributed by atoms with Gasteiger partial charge in [0.1, 0.15) is 5.69 Å². The van der Waals surface area contributed by atoms with Gasteiger partial charge in [-0.05, 0) is 31.4 Å². The van der Waals surface area contributed by atoms with Crippen molar-refractivity contribution in [1.29, 1.82) is 0 Å². The molecule has 3 unspecified atom stereocenters. The fraction of sp³-hybridized carbons (Fsp3) is 0.500. The second kappa shape index (κ2) is 4.40. The Hall–Kier alpha value is -1.33. The number of carbonyl (C=O) groups excluding carboxylic acids is 1. The number of rotatable bonds is 2. The lowest BCUT2D eigenvalue weighted by atomic mass is 10.1. The first-order valence-corrected chi connectivity index (χ1v) is 6.40. The van der Waals surface area contributed by atoms with Gasteiger partial charge in [0.15, 0.2) is 5.75 Å². The first-order valence-electron chi connectivity index (χ1n) is 6.02. The van der Waals surface area contributed by atoms with E-state index in [0.717, 1.165) is 19.4 Å². The van der Waals surface area contributed by atoms with Crippen LogP contribution in [-0.2, 0) is 0 Å². The lowest BCUT2D eigenvalue weighted by Gasteiger charge is -2.23. The van der Waals surface area contributed by atoms with E-state index >= 15 is 0 Å². The number of hydrogen-bond acceptors (Lipinski definition) is 4. The van der Waals surface area contributed by atoms with Gasteiger partial charge in [0.2, 0.25) is 0 Å². The zero-order valence-corrected chi connectivity index (χ0v) is 10.4. The number of amides is 1. The van der Waals surface area contributed by atoms with Crippen LogP contribution in [0.5, 0.6) is 5.75 Å². The Morgan fingerprint density at radius 3 is 3.00 bits per heavy atom. The van der Waals surface area contributed by atoms with Crippen molar-refractivity contribution in [1.82, 2.24) is 15.6 Å². The Bertz CT molecular complexity index is 494. The van der Waals surface area contributed by atoms with Crippen LogP contribution in [0.1, 0.15) is 23.3 Å². The summed E-state index contributed by atoms with van der Waals surface area (Å²) in [7, 11) is 0. The molecule has 1 aromatic heterocycles. The maximum Gasteiger partial charge on any atom is 0.270 e. The Kier molecular flexibility index (Phi) is 2.87. The van der Waals surface area contributed by atoms with E-state index in [0.29, 0.717) is 12.0 Å². The molecule has 1 saturated carbocycles. The number of aromatic hydroxyl groups is 1. The van der Waals surface area contributed by atoms with Crippen molar-refractivity contribution in [3.63, 3.8) is 0 Å². The van der Waals surface area contributed by atoms with Crippen molar-refractivity contribution in [3.8, 4) is 5.75 Å². The van der Waals surface area contributed by atoms with Crippen molar-refractivity contribution < 1.29 is 9.90 Å². The molecule has 1 aromatic rings. The molecule has 0 spiro atoms. The number of nitrogens with zero attached hydrogens (tertiary/aromatic N) is 1. The molecule has 0 radical (unpaired) electrons. The van der Waals surface area contributed by atoms with Crippen LogP contribution in [0.2, 0.25) is 5.02 Å². The molecule has 2 heterocycles. The molecule has 1 aliphatic heterocycles. The molecular formula is C12H14ClN3O2. The molecule has 1 amide bonds. The minimum Gasteiger partial charge on any atom is -0.505 e. The van der Waals surface area contributed by atoms with Gasteiger partial charge in [-0.3, -0.25) is 4.79 Å². The van der Waals surface area contributed by atoms with E-state index in [9.17, 15) is 9.90 Å². The number of hydrogen-bond donors (Lipinski definition) is 3. The van der Waals surface area contributed by atoms with E-state index in [4.69, 9.17) is 11.6 Å². The monoisotopic (exact) mass is 267 g/mol. The third-order valence-electron chi connectivity index (χ3n) is 3.71. The minimum absolute atomic E-state index is 0.116. The molecule has 2 aliphatic rings. The average molecular weight is 268 g/mol. The molecule has 2 bridgehead atoms. The lowest BCUT2D eigenvalue weighted by molar-refractivity contribution is 0.0923. The molecule has 6 heteroatoms. The molecule has 96 valence electrons. The summed E-state index contributed by atoms with van der Waals surface area (Å²) in [6.45, 7) is 1.06. The molecule has 1 aliphatic carbocycles. The average Bonchev–Trinajstić information content (AvgIpc) is 2.94. The maximum absolute atomic E-state index is 12.0. The van der Waals surface area contributed by atoms with Crippen LogP contribution in [-0.4, -0.2) is 34.6 Å². The van der Waals surface area contributed by atoms with Gasteiger partial charge in [-0.1, -0.05) is 11.6 Å². The Labute approximate surface area is 110 Å². The number of nitrogens with one attached hydrogen (secondary N) is 2. The summed E-state index contributed by atoms with van der Waals surface area (Å²) in [5.74, 6) is 0.322. The van der Waals surface area contributed by atoms with E-state index in [2.05, 4.69) is 15.6 Å². The van der Waals surface area contributed by atoms with Crippen LogP contribution < -0.4 is 10.6 Å². The van der Waals surface area contributed by atoms with E-state index in [1.54, 1.807) is 0 Å². The highest BCUT2D eigenvalue weighted by Gasteiger charge is 2.40. The van der Waals surface area contributed by atoms with Gasteiger partial charge in [-0.15, -0.1) is 0 Å². The highest BCUT2D eigenvalue weighted by atomic mass is 35.5. The van der Waals surface area contributed by atoms with Crippen LogP contribution in [0.3, 0.4) is 0 Å². The highest BCUT2D eigenvalue weighted by molar-refractivity contribution is 6.32. The van der Waals surface area contributed by atoms with Gasteiger partial charge in [0.25, 0.3) is 5.91 Å². The zero-order chi connectivity index (χ0) is 12.7. The molecule has 5 nitrogen and oxygen atoms in total. The molecule has 0 aromatic carbocycles. The van der Waals surface area contributed by atoms with Crippen molar-refractivity contribution in [2.45, 2.75) is 24.9 Å². The molecule has 1 saturated heterocycles. The Balaban J connectivity index is 1.69. The normalized spacial score (nSPS) is 29.5. The topological polar surface area (TPSA) is 74.2 Å². The van der Waals surface area contributed by atoms with Gasteiger partial charge in [-0.25, -0.2) is 4.98 Å². The van der Waals surface area contributed by atoms with Gasteiger partial charge in [0, 0.05) is 12.1 Å². The largest absolute Gasteiger partial charge is 0.505 e. The number of halogens is 1. The standard InChI is InChI=1S/C12H14ClN3O2/c13-7-3-10(15-5-11(7)17)12(18)16-9-2-6-1-8(9)14-4-6/h3,5-6,8-9,14,17H,1-2,4H2,(H,16,18). The molecule has 3 N–H and O–H groups in total. The summed E-state index contributed by atoms with van der Waals surface area (Å²) in [5.41, 5.74) is 0.237. The van der Waals surface area contributed by atoms with Crippen molar-refractivity contribution in [3.05, 3.63) is 23.0 Å². The number of piperidine rings is 1. The van der Waals surface area contributed by atoms with E-state index in [1.807, 2.05) is 0 Å². The summed E-state index contributed by atoms with van der Waals surface area (Å²) >= 11 is 5.76. The minimum atomic E-state index is -0.240. The lowest BCUT2D eigenvalue weighted by Crippen LogP contribution is -2.48. The number of pyridine rings is 1. The van der Waals surface area contributed by atoms with Gasteiger partial charge >= 0.3 is 0 Å². The predicted octanol–water partition coefficient (Wildman–Crippen LogP) is 0.921. The third kappa shape index (κ3) is 2.04. The molecule has 3 atom stereocenters. The smallest absolute Gasteiger partial charge is 0.270 e. The number of aromatic nitrogens is 1. The van der Waals surface area contributed by atoms with Gasteiger partial charge < -0.3 is 15.7 Å². The maximum atomic E-state index is 12.0. The molecular weight excluding hydrogens is 254 g/mol. The van der Waals surface area contributed by atoms with Gasteiger partial charge in [-0.2, -0.15) is 0 Å². The Morgan fingerprint density at radius 2 is 2.39 bits per heavy atom.